The van der Waals surface area contributed by atoms with E-state index in [2.05, 4.69) is 29.1 Å². The molecule has 6 heteroatoms. The molecule has 2 heterocycles. The first-order valence-corrected chi connectivity index (χ1v) is 7.69. The zero-order valence-corrected chi connectivity index (χ0v) is 16.3. The van der Waals surface area contributed by atoms with E-state index >= 15 is 0 Å². The van der Waals surface area contributed by atoms with E-state index in [0.717, 1.165) is 37.0 Å². The maximum Gasteiger partial charge on any atom is 0.194 e. The van der Waals surface area contributed by atoms with Crippen molar-refractivity contribution in [2.75, 3.05) is 20.1 Å². The average Bonchev–Trinajstić information content (AvgIpc) is 3.15. The van der Waals surface area contributed by atoms with E-state index in [0.29, 0.717) is 12.5 Å². The van der Waals surface area contributed by atoms with Crippen LogP contribution in [-0.4, -0.2) is 31.0 Å². The van der Waals surface area contributed by atoms with Gasteiger partial charge in [0.1, 0.15) is 11.5 Å². The zero-order chi connectivity index (χ0) is 15.8. The molecule has 1 N–H and O–H groups in total. The fraction of sp³-hybridized carbons (Fsp3) is 0.471. The van der Waals surface area contributed by atoms with E-state index in [1.165, 1.54) is 0 Å². The Morgan fingerprint density at radius 3 is 2.39 bits per heavy atom. The summed E-state index contributed by atoms with van der Waals surface area (Å²) in [4.78, 5) is 6.75. The normalized spacial score (nSPS) is 11.4. The number of aliphatic imine (C=N–C) groups is 1. The molecular formula is C17H26IN3O2. The van der Waals surface area contributed by atoms with Crippen LogP contribution in [0.1, 0.15) is 25.4 Å². The van der Waals surface area contributed by atoms with Crippen LogP contribution in [0.3, 0.4) is 0 Å². The van der Waals surface area contributed by atoms with Gasteiger partial charge in [0.15, 0.2) is 5.96 Å². The monoisotopic (exact) mass is 431 g/mol. The van der Waals surface area contributed by atoms with Gasteiger partial charge in [0.25, 0.3) is 0 Å². The largest absolute Gasteiger partial charge is 0.469 e. The highest BCUT2D eigenvalue weighted by atomic mass is 127. The molecule has 0 aliphatic carbocycles. The van der Waals surface area contributed by atoms with Crippen molar-refractivity contribution in [2.45, 2.75) is 26.8 Å². The molecule has 0 unspecified atom stereocenters. The Balaban J connectivity index is 0.00000264. The topological polar surface area (TPSA) is 53.9 Å². The van der Waals surface area contributed by atoms with Crippen LogP contribution >= 0.6 is 24.0 Å². The molecule has 0 aliphatic rings. The van der Waals surface area contributed by atoms with Crippen molar-refractivity contribution in [2.24, 2.45) is 10.9 Å². The summed E-state index contributed by atoms with van der Waals surface area (Å²) in [5.74, 6) is 3.31. The lowest BCUT2D eigenvalue weighted by Crippen LogP contribution is -2.39. The molecule has 0 radical (unpaired) electrons. The van der Waals surface area contributed by atoms with Crippen LogP contribution < -0.4 is 5.32 Å². The van der Waals surface area contributed by atoms with Gasteiger partial charge in [-0.05, 0) is 30.2 Å². The van der Waals surface area contributed by atoms with Gasteiger partial charge in [-0.2, -0.15) is 0 Å². The van der Waals surface area contributed by atoms with Gasteiger partial charge in [0, 0.05) is 26.6 Å². The first kappa shape index (κ1) is 19.6. The second-order valence-corrected chi connectivity index (χ2v) is 5.75. The van der Waals surface area contributed by atoms with Crippen LogP contribution in [0.25, 0.3) is 0 Å². The SMILES string of the molecule is CC(C)CN=C(NCCc1ccco1)N(C)Cc1ccco1.I. The minimum absolute atomic E-state index is 0. The highest BCUT2D eigenvalue weighted by Crippen LogP contribution is 2.05. The number of furan rings is 2. The van der Waals surface area contributed by atoms with Gasteiger partial charge in [-0.3, -0.25) is 4.99 Å². The van der Waals surface area contributed by atoms with E-state index in [9.17, 15) is 0 Å². The highest BCUT2D eigenvalue weighted by molar-refractivity contribution is 14.0. The van der Waals surface area contributed by atoms with E-state index in [1.807, 2.05) is 31.3 Å². The Morgan fingerprint density at radius 2 is 1.83 bits per heavy atom. The first-order chi connectivity index (χ1) is 10.6. The zero-order valence-electron chi connectivity index (χ0n) is 14.0. The van der Waals surface area contributed by atoms with Crippen LogP contribution in [0.2, 0.25) is 0 Å². The fourth-order valence-corrected chi connectivity index (χ4v) is 2.04. The lowest BCUT2D eigenvalue weighted by Gasteiger charge is -2.21. The average molecular weight is 431 g/mol. The van der Waals surface area contributed by atoms with E-state index in [-0.39, 0.29) is 24.0 Å². The van der Waals surface area contributed by atoms with E-state index in [4.69, 9.17) is 8.83 Å². The predicted octanol–water partition coefficient (Wildman–Crippen LogP) is 3.77. The molecule has 23 heavy (non-hydrogen) atoms. The van der Waals surface area contributed by atoms with Crippen LogP contribution in [0.5, 0.6) is 0 Å². The second kappa shape index (κ2) is 10.4. The third-order valence-corrected chi connectivity index (χ3v) is 3.18. The first-order valence-electron chi connectivity index (χ1n) is 7.69. The maximum atomic E-state index is 5.40. The maximum absolute atomic E-state index is 5.40. The van der Waals surface area contributed by atoms with Crippen LogP contribution in [-0.2, 0) is 13.0 Å². The van der Waals surface area contributed by atoms with Gasteiger partial charge in [0.2, 0.25) is 0 Å². The number of rotatable bonds is 7. The predicted molar refractivity (Wildman–Crippen MR) is 103 cm³/mol. The Kier molecular flexibility index (Phi) is 8.83. The molecule has 0 saturated heterocycles. The summed E-state index contributed by atoms with van der Waals surface area (Å²) < 4.78 is 10.8. The summed E-state index contributed by atoms with van der Waals surface area (Å²) >= 11 is 0. The molecule has 0 saturated carbocycles. The van der Waals surface area contributed by atoms with Crippen molar-refractivity contribution >= 4 is 29.9 Å². The molecule has 128 valence electrons. The summed E-state index contributed by atoms with van der Waals surface area (Å²) in [6.45, 7) is 6.60. The van der Waals surface area contributed by atoms with Crippen LogP contribution in [0.15, 0.2) is 50.6 Å². The molecule has 2 rings (SSSR count). The molecule has 0 atom stereocenters. The van der Waals surface area contributed by atoms with Gasteiger partial charge >= 0.3 is 0 Å². The van der Waals surface area contributed by atoms with Gasteiger partial charge in [-0.15, -0.1) is 24.0 Å². The fourth-order valence-electron chi connectivity index (χ4n) is 2.04. The number of halogens is 1. The van der Waals surface area contributed by atoms with Crippen molar-refractivity contribution in [3.8, 4) is 0 Å². The summed E-state index contributed by atoms with van der Waals surface area (Å²) in [7, 11) is 2.02. The van der Waals surface area contributed by atoms with Gasteiger partial charge in [-0.25, -0.2) is 0 Å². The quantitative estimate of drug-likeness (QED) is 0.412. The van der Waals surface area contributed by atoms with Crippen molar-refractivity contribution in [1.82, 2.24) is 10.2 Å². The molecule has 0 amide bonds. The Hall–Kier alpha value is -1.44. The molecule has 2 aromatic heterocycles. The molecule has 0 fully saturated rings. The third kappa shape index (κ3) is 7.11. The van der Waals surface area contributed by atoms with Crippen molar-refractivity contribution < 1.29 is 8.83 Å². The summed E-state index contributed by atoms with van der Waals surface area (Å²) in [5, 5.41) is 3.40. The van der Waals surface area contributed by atoms with Crippen molar-refractivity contribution in [3.05, 3.63) is 48.3 Å². The Labute approximate surface area is 155 Å². The smallest absolute Gasteiger partial charge is 0.194 e. The minimum atomic E-state index is 0. The molecule has 0 aliphatic heterocycles. The Morgan fingerprint density at radius 1 is 1.17 bits per heavy atom. The van der Waals surface area contributed by atoms with E-state index < -0.39 is 0 Å². The molecule has 2 aromatic rings. The molecule has 5 nitrogen and oxygen atoms in total. The summed E-state index contributed by atoms with van der Waals surface area (Å²) in [6.07, 6.45) is 4.23. The van der Waals surface area contributed by atoms with Crippen molar-refractivity contribution in [1.29, 1.82) is 0 Å². The van der Waals surface area contributed by atoms with Gasteiger partial charge in [-0.1, -0.05) is 13.8 Å². The second-order valence-electron chi connectivity index (χ2n) is 5.75. The number of hydrogen-bond donors (Lipinski definition) is 1. The number of hydrogen-bond acceptors (Lipinski definition) is 3. The number of nitrogens with one attached hydrogen (secondary N) is 1. The molecule has 0 aromatic carbocycles. The number of guanidine groups is 1. The summed E-state index contributed by atoms with van der Waals surface area (Å²) in [5.41, 5.74) is 0. The molecule has 0 spiro atoms. The highest BCUT2D eigenvalue weighted by Gasteiger charge is 2.09. The molecular weight excluding hydrogens is 405 g/mol. The third-order valence-electron chi connectivity index (χ3n) is 3.18. The molecule has 0 bridgehead atoms. The summed E-state index contributed by atoms with van der Waals surface area (Å²) in [6, 6.07) is 7.77. The number of nitrogens with zero attached hydrogens (tertiary/aromatic N) is 2. The van der Waals surface area contributed by atoms with Crippen molar-refractivity contribution in [3.63, 3.8) is 0 Å². The lowest BCUT2D eigenvalue weighted by atomic mass is 10.2. The van der Waals surface area contributed by atoms with Crippen LogP contribution in [0.4, 0.5) is 0 Å². The standard InChI is InChI=1S/C17H25N3O2.HI/c1-14(2)12-19-17(18-9-8-15-6-4-10-21-15)20(3)13-16-7-5-11-22-16;/h4-7,10-11,14H,8-9,12-13H2,1-3H3,(H,18,19);1H. The van der Waals surface area contributed by atoms with E-state index in [1.54, 1.807) is 12.5 Å². The Bertz CT molecular complexity index is 550. The van der Waals surface area contributed by atoms with Gasteiger partial charge < -0.3 is 19.1 Å². The lowest BCUT2D eigenvalue weighted by molar-refractivity contribution is 0.398. The van der Waals surface area contributed by atoms with Gasteiger partial charge in [0.05, 0.1) is 19.1 Å². The minimum Gasteiger partial charge on any atom is -0.469 e. The van der Waals surface area contributed by atoms with Crippen LogP contribution in [0, 0.1) is 5.92 Å².